The molecule has 3 aromatic carbocycles. The van der Waals surface area contributed by atoms with Gasteiger partial charge in [-0.1, -0.05) is 86.4 Å². The molecule has 182 valence electrons. The number of para-hydroxylation sites is 1. The molecule has 0 fully saturated rings. The Kier molecular flexibility index (Phi) is 8.26. The van der Waals surface area contributed by atoms with E-state index in [1.165, 1.54) is 5.56 Å². The topological polar surface area (TPSA) is 96.2 Å². The van der Waals surface area contributed by atoms with Crippen LogP contribution >= 0.6 is 23.2 Å². The van der Waals surface area contributed by atoms with Crippen LogP contribution in [-0.4, -0.2) is 22.0 Å². The molecule has 4 N–H and O–H groups in total. The molecule has 0 aliphatic heterocycles. The Labute approximate surface area is 214 Å². The second-order valence-electron chi connectivity index (χ2n) is 9.33. The van der Waals surface area contributed by atoms with Crippen LogP contribution in [0.25, 0.3) is 10.9 Å². The molecule has 1 atom stereocenters. The van der Waals surface area contributed by atoms with Crippen molar-refractivity contribution in [3.05, 3.63) is 105 Å². The highest BCUT2D eigenvalue weighted by atomic mass is 35.5. The number of aromatic nitrogens is 1. The summed E-state index contributed by atoms with van der Waals surface area (Å²) in [6.07, 6.45) is 2.27. The average molecular weight is 511 g/mol. The maximum absolute atomic E-state index is 11.9. The summed E-state index contributed by atoms with van der Waals surface area (Å²) in [4.78, 5) is 25.5. The molecule has 35 heavy (non-hydrogen) atoms. The van der Waals surface area contributed by atoms with E-state index in [-0.39, 0.29) is 11.3 Å². The number of nitrogens with two attached hydrogens (primary N) is 1. The number of benzene rings is 3. The Morgan fingerprint density at radius 1 is 0.971 bits per heavy atom. The normalized spacial score (nSPS) is 12.0. The number of hydrogen-bond donors (Lipinski definition) is 3. The molecule has 0 radical (unpaired) electrons. The average Bonchev–Trinajstić information content (AvgIpc) is 3.28. The highest BCUT2D eigenvalue weighted by Gasteiger charge is 2.20. The van der Waals surface area contributed by atoms with Crippen LogP contribution in [0.2, 0.25) is 10.0 Å². The van der Waals surface area contributed by atoms with E-state index in [0.29, 0.717) is 27.5 Å². The summed E-state index contributed by atoms with van der Waals surface area (Å²) < 4.78 is 0. The number of primary amides is 1. The number of carboxylic acid groups (broad SMARTS) is 1. The number of aromatic carboxylic acids is 1. The number of amides is 1. The minimum atomic E-state index is -0.900. The van der Waals surface area contributed by atoms with Crippen LogP contribution in [0.3, 0.4) is 0 Å². The van der Waals surface area contributed by atoms with E-state index in [4.69, 9.17) is 34.0 Å². The molecule has 4 rings (SSSR count). The van der Waals surface area contributed by atoms with Crippen LogP contribution in [0.15, 0.2) is 72.9 Å². The second kappa shape index (κ2) is 11.0. The van der Waals surface area contributed by atoms with Gasteiger partial charge in [0, 0.05) is 11.6 Å². The number of fused-ring (bicyclic) bond motifs is 1. The van der Waals surface area contributed by atoms with Gasteiger partial charge in [0.2, 0.25) is 5.91 Å². The summed E-state index contributed by atoms with van der Waals surface area (Å²) in [7, 11) is 0. The van der Waals surface area contributed by atoms with Crippen LogP contribution in [0, 0.1) is 0 Å². The molecule has 1 aromatic heterocycles. The van der Waals surface area contributed by atoms with Gasteiger partial charge in [0.05, 0.1) is 27.0 Å². The molecule has 0 saturated heterocycles. The van der Waals surface area contributed by atoms with E-state index in [0.717, 1.165) is 16.5 Å². The summed E-state index contributed by atoms with van der Waals surface area (Å²) in [5.74, 6) is -1.70. The third kappa shape index (κ3) is 6.65. The summed E-state index contributed by atoms with van der Waals surface area (Å²) in [5, 5.41) is 10.6. The molecule has 1 unspecified atom stereocenters. The number of halogens is 2. The molecule has 0 spiro atoms. The van der Waals surface area contributed by atoms with E-state index in [1.54, 1.807) is 36.5 Å². The van der Waals surface area contributed by atoms with Crippen LogP contribution in [-0.2, 0) is 16.6 Å². The molecular formula is C28H28Cl2N2O3. The van der Waals surface area contributed by atoms with Gasteiger partial charge in [0.1, 0.15) is 0 Å². The predicted octanol–water partition coefficient (Wildman–Crippen LogP) is 6.97. The summed E-state index contributed by atoms with van der Waals surface area (Å²) >= 11 is 12.0. The van der Waals surface area contributed by atoms with Crippen molar-refractivity contribution >= 4 is 46.0 Å². The van der Waals surface area contributed by atoms with Gasteiger partial charge in [-0.25, -0.2) is 4.79 Å². The Hall–Kier alpha value is -3.28. The van der Waals surface area contributed by atoms with Gasteiger partial charge in [0.15, 0.2) is 0 Å². The maximum atomic E-state index is 11.9. The lowest BCUT2D eigenvalue weighted by atomic mass is 9.85. The number of hydrogen-bond acceptors (Lipinski definition) is 2. The summed E-state index contributed by atoms with van der Waals surface area (Å²) in [5.41, 5.74) is 9.80. The molecule has 0 aliphatic carbocycles. The second-order valence-corrected chi connectivity index (χ2v) is 10.1. The van der Waals surface area contributed by atoms with Gasteiger partial charge in [-0.15, -0.1) is 0 Å². The number of carbonyl (C=O) groups excluding carboxylic acids is 1. The van der Waals surface area contributed by atoms with Gasteiger partial charge >= 0.3 is 5.97 Å². The number of nitrogens with one attached hydrogen (secondary N) is 1. The fourth-order valence-corrected chi connectivity index (χ4v) is 4.06. The van der Waals surface area contributed by atoms with Crippen molar-refractivity contribution in [3.8, 4) is 0 Å². The van der Waals surface area contributed by atoms with Gasteiger partial charge in [0.25, 0.3) is 0 Å². The Bertz CT molecular complexity index is 1340. The molecule has 5 nitrogen and oxygen atoms in total. The first-order valence-corrected chi connectivity index (χ1v) is 11.9. The van der Waals surface area contributed by atoms with Crippen molar-refractivity contribution in [2.24, 2.45) is 5.73 Å². The van der Waals surface area contributed by atoms with Gasteiger partial charge in [-0.2, -0.15) is 0 Å². The summed E-state index contributed by atoms with van der Waals surface area (Å²) in [6, 6.07) is 20.5. The molecular weight excluding hydrogens is 483 g/mol. The third-order valence-corrected chi connectivity index (χ3v) is 6.51. The third-order valence-electron chi connectivity index (χ3n) is 5.77. The number of H-pyrrole nitrogens is 1. The smallest absolute Gasteiger partial charge is 0.337 e. The lowest BCUT2D eigenvalue weighted by Crippen LogP contribution is -2.23. The van der Waals surface area contributed by atoms with Crippen LogP contribution in [0.5, 0.6) is 0 Å². The highest BCUT2D eigenvalue weighted by molar-refractivity contribution is 6.42. The minimum Gasteiger partial charge on any atom is -0.478 e. The largest absolute Gasteiger partial charge is 0.478 e. The molecule has 1 heterocycles. The first-order valence-electron chi connectivity index (χ1n) is 11.1. The van der Waals surface area contributed by atoms with E-state index >= 15 is 0 Å². The zero-order chi connectivity index (χ0) is 25.8. The number of carboxylic acids is 1. The van der Waals surface area contributed by atoms with E-state index in [1.807, 2.05) is 24.3 Å². The van der Waals surface area contributed by atoms with Crippen molar-refractivity contribution in [2.75, 3.05) is 0 Å². The molecule has 0 aliphatic rings. The fraction of sp³-hybridized carbons (Fsp3) is 0.214. The molecule has 4 aromatic rings. The Balaban J connectivity index is 0.000000237. The first kappa shape index (κ1) is 26.3. The number of carbonyl (C=O) groups is 2. The standard InChI is InChI=1S/C19H21Cl2NO.C9H7NO2/c1-19(2,3)14-7-4-12(5-8-14)10-15(18(22)23)13-6-9-16(20)17(21)11-13;11-9(12)7-3-1-2-6-4-5-10-8(6)7/h4-9,11,15H,10H2,1-3H3,(H2,22,23);1-5,10H,(H,11,12). The lowest BCUT2D eigenvalue weighted by molar-refractivity contribution is -0.119. The van der Waals surface area contributed by atoms with Gasteiger partial charge in [-0.05, 0) is 52.8 Å². The first-order chi connectivity index (χ1) is 16.5. The van der Waals surface area contributed by atoms with Crippen molar-refractivity contribution in [3.63, 3.8) is 0 Å². The SMILES string of the molecule is CC(C)(C)c1ccc(CC(C(N)=O)c2ccc(Cl)c(Cl)c2)cc1.O=C(O)c1cccc2cc[nH]c12. The van der Waals surface area contributed by atoms with Crippen molar-refractivity contribution in [2.45, 2.75) is 38.5 Å². The summed E-state index contributed by atoms with van der Waals surface area (Å²) in [6.45, 7) is 6.51. The van der Waals surface area contributed by atoms with E-state index < -0.39 is 11.9 Å². The molecule has 7 heteroatoms. The van der Waals surface area contributed by atoms with Crippen molar-refractivity contribution in [1.82, 2.24) is 4.98 Å². The number of rotatable bonds is 5. The number of aromatic amines is 1. The molecule has 0 saturated carbocycles. The lowest BCUT2D eigenvalue weighted by Gasteiger charge is -2.20. The van der Waals surface area contributed by atoms with Crippen LogP contribution in [0.1, 0.15) is 53.7 Å². The van der Waals surface area contributed by atoms with Crippen molar-refractivity contribution < 1.29 is 14.7 Å². The van der Waals surface area contributed by atoms with Crippen LogP contribution in [0.4, 0.5) is 0 Å². The highest BCUT2D eigenvalue weighted by Crippen LogP contribution is 2.29. The predicted molar refractivity (Wildman–Crippen MR) is 143 cm³/mol. The Morgan fingerprint density at radius 2 is 1.66 bits per heavy atom. The molecule has 0 bridgehead atoms. The van der Waals surface area contributed by atoms with Crippen molar-refractivity contribution in [1.29, 1.82) is 0 Å². The van der Waals surface area contributed by atoms with Gasteiger partial charge < -0.3 is 15.8 Å². The maximum Gasteiger partial charge on any atom is 0.337 e. The zero-order valence-electron chi connectivity index (χ0n) is 19.8. The Morgan fingerprint density at radius 3 is 2.23 bits per heavy atom. The van der Waals surface area contributed by atoms with Crippen LogP contribution < -0.4 is 5.73 Å². The van der Waals surface area contributed by atoms with E-state index in [9.17, 15) is 9.59 Å². The van der Waals surface area contributed by atoms with Gasteiger partial charge in [-0.3, -0.25) is 4.79 Å². The van der Waals surface area contributed by atoms with E-state index in [2.05, 4.69) is 37.9 Å². The zero-order valence-corrected chi connectivity index (χ0v) is 21.3. The monoisotopic (exact) mass is 510 g/mol. The molecule has 1 amide bonds. The fourth-order valence-electron chi connectivity index (χ4n) is 3.75. The minimum absolute atomic E-state index is 0.103. The quantitative estimate of drug-likeness (QED) is 0.270.